The third-order valence-electron chi connectivity index (χ3n) is 2.98. The van der Waals surface area contributed by atoms with Gasteiger partial charge in [-0.25, -0.2) is 4.99 Å². The first-order chi connectivity index (χ1) is 8.75. The summed E-state index contributed by atoms with van der Waals surface area (Å²) in [5.41, 5.74) is 4.08. The highest BCUT2D eigenvalue weighted by Gasteiger charge is 2.26. The van der Waals surface area contributed by atoms with Crippen molar-refractivity contribution in [3.05, 3.63) is 59.7 Å². The van der Waals surface area contributed by atoms with Crippen molar-refractivity contribution in [1.29, 1.82) is 0 Å². The molecule has 3 heteroatoms. The average molecular weight is 236 g/mol. The highest BCUT2D eigenvalue weighted by atomic mass is 16.2. The lowest BCUT2D eigenvalue weighted by molar-refractivity contribution is -0.110. The predicted octanol–water partition coefficient (Wildman–Crippen LogP) is 3.07. The lowest BCUT2D eigenvalue weighted by Crippen LogP contribution is -2.13. The summed E-state index contributed by atoms with van der Waals surface area (Å²) < 4.78 is 0. The van der Waals surface area contributed by atoms with Crippen LogP contribution in [0.4, 0.5) is 11.4 Å². The second-order valence-electron chi connectivity index (χ2n) is 4.25. The normalized spacial score (nSPS) is 15.6. The van der Waals surface area contributed by atoms with Gasteiger partial charge in [0.25, 0.3) is 5.91 Å². The van der Waals surface area contributed by atoms with Crippen molar-refractivity contribution < 1.29 is 4.79 Å². The second-order valence-corrected chi connectivity index (χ2v) is 4.25. The van der Waals surface area contributed by atoms with Gasteiger partial charge in [-0.05, 0) is 24.6 Å². The molecule has 18 heavy (non-hydrogen) atoms. The van der Waals surface area contributed by atoms with Gasteiger partial charge < -0.3 is 5.32 Å². The highest BCUT2D eigenvalue weighted by molar-refractivity contribution is 6.54. The number of carbonyl (C=O) groups excluding carboxylic acids is 1. The first-order valence-corrected chi connectivity index (χ1v) is 5.81. The standard InChI is InChI=1S/C15H12N2O/c1-10-6-5-9-12-13(10)17-15(18)14(12)16-11-7-3-2-4-8-11/h2-9H,1H3,(H,16,17,18). The van der Waals surface area contributed by atoms with E-state index in [1.54, 1.807) is 0 Å². The molecule has 2 aromatic rings. The number of para-hydroxylation sites is 2. The lowest BCUT2D eigenvalue weighted by atomic mass is 10.1. The minimum atomic E-state index is -0.136. The molecule has 0 saturated carbocycles. The van der Waals surface area contributed by atoms with Gasteiger partial charge in [0.2, 0.25) is 0 Å². The molecule has 0 saturated heterocycles. The first kappa shape index (κ1) is 10.7. The molecule has 1 amide bonds. The topological polar surface area (TPSA) is 41.5 Å². The molecule has 0 fully saturated rings. The summed E-state index contributed by atoms with van der Waals surface area (Å²) in [6.07, 6.45) is 0. The summed E-state index contributed by atoms with van der Waals surface area (Å²) in [5.74, 6) is -0.136. The molecule has 0 atom stereocenters. The molecular formula is C15H12N2O. The number of hydrogen-bond acceptors (Lipinski definition) is 2. The molecule has 3 nitrogen and oxygen atoms in total. The summed E-state index contributed by atoms with van der Waals surface area (Å²) in [6.45, 7) is 1.98. The fourth-order valence-electron chi connectivity index (χ4n) is 2.07. The Labute approximate surface area is 105 Å². The van der Waals surface area contributed by atoms with Gasteiger partial charge in [-0.1, -0.05) is 36.4 Å². The minimum Gasteiger partial charge on any atom is -0.320 e. The third-order valence-corrected chi connectivity index (χ3v) is 2.98. The van der Waals surface area contributed by atoms with Gasteiger partial charge in [-0.2, -0.15) is 0 Å². The molecule has 0 spiro atoms. The van der Waals surface area contributed by atoms with Crippen molar-refractivity contribution in [1.82, 2.24) is 0 Å². The first-order valence-electron chi connectivity index (χ1n) is 5.81. The quantitative estimate of drug-likeness (QED) is 0.812. The number of nitrogens with one attached hydrogen (secondary N) is 1. The van der Waals surface area contributed by atoms with Crippen LogP contribution in [0.5, 0.6) is 0 Å². The molecule has 2 aromatic carbocycles. The van der Waals surface area contributed by atoms with Crippen LogP contribution in [0.1, 0.15) is 11.1 Å². The molecule has 0 unspecified atom stereocenters. The molecule has 88 valence electrons. The summed E-state index contributed by atoms with van der Waals surface area (Å²) in [6, 6.07) is 15.3. The fraction of sp³-hybridized carbons (Fsp3) is 0.0667. The van der Waals surface area contributed by atoms with Gasteiger partial charge in [0, 0.05) is 5.56 Å². The molecule has 1 aliphatic heterocycles. The van der Waals surface area contributed by atoms with Crippen LogP contribution in [0.3, 0.4) is 0 Å². The zero-order valence-corrected chi connectivity index (χ0v) is 9.97. The van der Waals surface area contributed by atoms with E-state index in [0.717, 1.165) is 22.5 Å². The van der Waals surface area contributed by atoms with Crippen LogP contribution < -0.4 is 5.32 Å². The maximum absolute atomic E-state index is 11.9. The van der Waals surface area contributed by atoms with E-state index in [9.17, 15) is 4.79 Å². The molecule has 0 aliphatic carbocycles. The van der Waals surface area contributed by atoms with Gasteiger partial charge in [-0.3, -0.25) is 4.79 Å². The fourth-order valence-corrected chi connectivity index (χ4v) is 2.07. The largest absolute Gasteiger partial charge is 0.320 e. The average Bonchev–Trinajstić information content (AvgIpc) is 2.70. The smallest absolute Gasteiger partial charge is 0.275 e. The van der Waals surface area contributed by atoms with Crippen LogP contribution in [0.25, 0.3) is 0 Å². The van der Waals surface area contributed by atoms with Crippen molar-refractivity contribution in [3.8, 4) is 0 Å². The van der Waals surface area contributed by atoms with E-state index in [1.165, 1.54) is 0 Å². The number of aliphatic imine (C=N–C) groups is 1. The van der Waals surface area contributed by atoms with Gasteiger partial charge in [-0.15, -0.1) is 0 Å². The Morgan fingerprint density at radius 2 is 1.78 bits per heavy atom. The van der Waals surface area contributed by atoms with Gasteiger partial charge >= 0.3 is 0 Å². The van der Waals surface area contributed by atoms with Crippen LogP contribution in [0.15, 0.2) is 53.5 Å². The number of anilines is 1. The Hall–Kier alpha value is -2.42. The number of aryl methyl sites for hydroxylation is 1. The summed E-state index contributed by atoms with van der Waals surface area (Å²) in [5, 5.41) is 2.87. The number of nitrogens with zero attached hydrogens (tertiary/aromatic N) is 1. The molecule has 0 aromatic heterocycles. The van der Waals surface area contributed by atoms with E-state index in [1.807, 2.05) is 55.5 Å². The number of hydrogen-bond donors (Lipinski definition) is 1. The zero-order chi connectivity index (χ0) is 12.5. The summed E-state index contributed by atoms with van der Waals surface area (Å²) in [4.78, 5) is 16.4. The van der Waals surface area contributed by atoms with Crippen LogP contribution >= 0.6 is 0 Å². The van der Waals surface area contributed by atoms with E-state index < -0.39 is 0 Å². The monoisotopic (exact) mass is 236 g/mol. The maximum Gasteiger partial charge on any atom is 0.275 e. The Morgan fingerprint density at radius 3 is 2.56 bits per heavy atom. The van der Waals surface area contributed by atoms with Crippen LogP contribution in [-0.4, -0.2) is 11.6 Å². The van der Waals surface area contributed by atoms with Crippen molar-refractivity contribution in [2.75, 3.05) is 5.32 Å². The lowest BCUT2D eigenvalue weighted by Gasteiger charge is -2.00. The van der Waals surface area contributed by atoms with E-state index in [4.69, 9.17) is 0 Å². The minimum absolute atomic E-state index is 0.136. The molecular weight excluding hydrogens is 224 g/mol. The van der Waals surface area contributed by atoms with E-state index >= 15 is 0 Å². The van der Waals surface area contributed by atoms with Crippen LogP contribution in [0, 0.1) is 6.92 Å². The molecule has 0 radical (unpaired) electrons. The highest BCUT2D eigenvalue weighted by Crippen LogP contribution is 2.28. The Morgan fingerprint density at radius 1 is 1.00 bits per heavy atom. The zero-order valence-electron chi connectivity index (χ0n) is 9.97. The van der Waals surface area contributed by atoms with E-state index in [0.29, 0.717) is 5.71 Å². The number of carbonyl (C=O) groups is 1. The van der Waals surface area contributed by atoms with Gasteiger partial charge in [0.1, 0.15) is 5.71 Å². The number of benzene rings is 2. The number of fused-ring (bicyclic) bond motifs is 1. The van der Waals surface area contributed by atoms with E-state index in [-0.39, 0.29) is 5.91 Å². The van der Waals surface area contributed by atoms with E-state index in [2.05, 4.69) is 10.3 Å². The van der Waals surface area contributed by atoms with Crippen molar-refractivity contribution in [2.45, 2.75) is 6.92 Å². The van der Waals surface area contributed by atoms with Crippen LogP contribution in [-0.2, 0) is 4.79 Å². The van der Waals surface area contributed by atoms with Gasteiger partial charge in [0.15, 0.2) is 0 Å². The van der Waals surface area contributed by atoms with Gasteiger partial charge in [0.05, 0.1) is 11.4 Å². The predicted molar refractivity (Wildman–Crippen MR) is 72.4 cm³/mol. The molecule has 1 aliphatic rings. The molecule has 1 N–H and O–H groups in total. The molecule has 3 rings (SSSR count). The van der Waals surface area contributed by atoms with Crippen molar-refractivity contribution in [3.63, 3.8) is 0 Å². The Kier molecular flexibility index (Phi) is 2.45. The number of amides is 1. The number of rotatable bonds is 1. The van der Waals surface area contributed by atoms with Crippen molar-refractivity contribution >= 4 is 23.0 Å². The summed E-state index contributed by atoms with van der Waals surface area (Å²) in [7, 11) is 0. The van der Waals surface area contributed by atoms with Crippen LogP contribution in [0.2, 0.25) is 0 Å². The van der Waals surface area contributed by atoms with Crippen molar-refractivity contribution in [2.24, 2.45) is 4.99 Å². The molecule has 0 bridgehead atoms. The second kappa shape index (κ2) is 4.11. The SMILES string of the molecule is Cc1cccc2c1NC(=O)C2=Nc1ccccc1. The maximum atomic E-state index is 11.9. The Bertz CT molecular complexity index is 645. The molecule has 1 heterocycles. The third kappa shape index (κ3) is 1.70. The summed E-state index contributed by atoms with van der Waals surface area (Å²) >= 11 is 0. The Balaban J connectivity index is 2.13.